The van der Waals surface area contributed by atoms with Crippen molar-refractivity contribution in [2.45, 2.75) is 12.8 Å². The molecule has 4 nitrogen and oxygen atoms in total. The third kappa shape index (κ3) is 3.41. The Hall–Kier alpha value is -1.69. The van der Waals surface area contributed by atoms with E-state index in [0.29, 0.717) is 6.54 Å². The number of nitrogens with two attached hydrogens (primary N) is 1. The molecule has 2 rings (SSSR count). The number of amides is 1. The number of halogens is 2. The molecule has 1 fully saturated rings. The first kappa shape index (κ1) is 13.7. The van der Waals surface area contributed by atoms with E-state index in [1.807, 2.05) is 0 Å². The second kappa shape index (κ2) is 5.97. The summed E-state index contributed by atoms with van der Waals surface area (Å²) in [5.41, 5.74) is 4.53. The van der Waals surface area contributed by atoms with Gasteiger partial charge in [-0.05, 0) is 38.1 Å². The summed E-state index contributed by atoms with van der Waals surface area (Å²) in [5, 5.41) is 2.64. The van der Waals surface area contributed by atoms with Crippen LogP contribution in [-0.4, -0.2) is 37.0 Å². The number of likely N-dealkylation sites (tertiary alicyclic amines) is 1. The van der Waals surface area contributed by atoms with Crippen LogP contribution in [0.3, 0.4) is 0 Å². The first-order valence-corrected chi connectivity index (χ1v) is 6.33. The highest BCUT2D eigenvalue weighted by Crippen LogP contribution is 2.17. The van der Waals surface area contributed by atoms with E-state index in [4.69, 9.17) is 5.73 Å². The summed E-state index contributed by atoms with van der Waals surface area (Å²) >= 11 is 0. The molecule has 0 spiro atoms. The van der Waals surface area contributed by atoms with Crippen LogP contribution in [0.4, 0.5) is 14.5 Å². The predicted octanol–water partition coefficient (Wildman–Crippen LogP) is 1.37. The first-order valence-electron chi connectivity index (χ1n) is 6.33. The van der Waals surface area contributed by atoms with Crippen LogP contribution in [0, 0.1) is 11.6 Å². The maximum Gasteiger partial charge on any atom is 0.251 e. The first-order chi connectivity index (χ1) is 9.08. The van der Waals surface area contributed by atoms with Crippen LogP contribution in [0.1, 0.15) is 23.2 Å². The van der Waals surface area contributed by atoms with E-state index in [9.17, 15) is 13.6 Å². The fourth-order valence-corrected chi connectivity index (χ4v) is 2.15. The lowest BCUT2D eigenvalue weighted by Crippen LogP contribution is -2.33. The summed E-state index contributed by atoms with van der Waals surface area (Å²) in [5.74, 6) is -2.31. The lowest BCUT2D eigenvalue weighted by atomic mass is 10.1. The molecule has 104 valence electrons. The molecule has 1 aliphatic rings. The van der Waals surface area contributed by atoms with Crippen LogP contribution >= 0.6 is 0 Å². The quantitative estimate of drug-likeness (QED) is 0.812. The van der Waals surface area contributed by atoms with Crippen molar-refractivity contribution in [2.24, 2.45) is 0 Å². The van der Waals surface area contributed by atoms with Crippen LogP contribution in [0.25, 0.3) is 0 Å². The maximum atomic E-state index is 13.2. The Morgan fingerprint density at radius 1 is 1.26 bits per heavy atom. The summed E-state index contributed by atoms with van der Waals surface area (Å²) in [4.78, 5) is 14.0. The molecule has 0 saturated carbocycles. The molecule has 1 aliphatic heterocycles. The Morgan fingerprint density at radius 2 is 1.84 bits per heavy atom. The highest BCUT2D eigenvalue weighted by Gasteiger charge is 2.14. The average Bonchev–Trinajstić information content (AvgIpc) is 2.88. The zero-order valence-corrected chi connectivity index (χ0v) is 10.6. The molecule has 1 saturated heterocycles. The largest absolute Gasteiger partial charge is 0.394 e. The molecule has 1 aromatic rings. The molecule has 0 aromatic heterocycles. The Kier molecular flexibility index (Phi) is 4.31. The fourth-order valence-electron chi connectivity index (χ4n) is 2.15. The number of nitrogen functional groups attached to an aromatic ring is 1. The topological polar surface area (TPSA) is 58.4 Å². The zero-order chi connectivity index (χ0) is 13.8. The van der Waals surface area contributed by atoms with Gasteiger partial charge in [0.05, 0.1) is 0 Å². The van der Waals surface area contributed by atoms with Gasteiger partial charge in [-0.3, -0.25) is 4.79 Å². The molecule has 0 radical (unpaired) electrons. The minimum atomic E-state index is -0.912. The van der Waals surface area contributed by atoms with Gasteiger partial charge >= 0.3 is 0 Å². The number of rotatable bonds is 4. The van der Waals surface area contributed by atoms with Gasteiger partial charge in [-0.15, -0.1) is 0 Å². The number of anilines is 1. The van der Waals surface area contributed by atoms with Crippen LogP contribution in [0.5, 0.6) is 0 Å². The van der Waals surface area contributed by atoms with Crippen molar-refractivity contribution in [3.05, 3.63) is 29.3 Å². The van der Waals surface area contributed by atoms with Crippen molar-refractivity contribution in [3.8, 4) is 0 Å². The number of nitrogens with zero attached hydrogens (tertiary/aromatic N) is 1. The molecule has 6 heteroatoms. The molecular formula is C13H17F2N3O. The van der Waals surface area contributed by atoms with Crippen molar-refractivity contribution in [2.75, 3.05) is 31.9 Å². The predicted molar refractivity (Wildman–Crippen MR) is 68.8 cm³/mol. The highest BCUT2D eigenvalue weighted by atomic mass is 19.1. The average molecular weight is 269 g/mol. The van der Waals surface area contributed by atoms with Gasteiger partial charge in [0.1, 0.15) is 17.3 Å². The smallest absolute Gasteiger partial charge is 0.251 e. The van der Waals surface area contributed by atoms with Crippen LogP contribution in [0.15, 0.2) is 12.1 Å². The molecule has 0 bridgehead atoms. The third-order valence-corrected chi connectivity index (χ3v) is 3.25. The van der Waals surface area contributed by atoms with Crippen LogP contribution < -0.4 is 11.1 Å². The molecule has 1 amide bonds. The van der Waals surface area contributed by atoms with E-state index < -0.39 is 23.2 Å². The monoisotopic (exact) mass is 269 g/mol. The molecule has 1 heterocycles. The molecule has 0 atom stereocenters. The summed E-state index contributed by atoms with van der Waals surface area (Å²) < 4.78 is 26.4. The summed E-state index contributed by atoms with van der Waals surface area (Å²) in [6.07, 6.45) is 2.37. The number of nitrogens with one attached hydrogen (secondary N) is 1. The van der Waals surface area contributed by atoms with Crippen molar-refractivity contribution in [3.63, 3.8) is 0 Å². The van der Waals surface area contributed by atoms with Gasteiger partial charge < -0.3 is 16.0 Å². The second-order valence-corrected chi connectivity index (χ2v) is 4.66. The van der Waals surface area contributed by atoms with Gasteiger partial charge in [0.15, 0.2) is 0 Å². The maximum absolute atomic E-state index is 13.2. The summed E-state index contributed by atoms with van der Waals surface area (Å²) in [7, 11) is 0. The Bertz CT molecular complexity index is 450. The number of carbonyl (C=O) groups is 1. The highest BCUT2D eigenvalue weighted by molar-refractivity contribution is 5.94. The SMILES string of the molecule is Nc1c(F)cc(C(=O)NCCN2CCCC2)cc1F. The van der Waals surface area contributed by atoms with E-state index in [2.05, 4.69) is 10.2 Å². The molecule has 0 unspecified atom stereocenters. The van der Waals surface area contributed by atoms with E-state index in [0.717, 1.165) is 31.8 Å². The van der Waals surface area contributed by atoms with Crippen molar-refractivity contribution in [1.82, 2.24) is 10.2 Å². The van der Waals surface area contributed by atoms with Gasteiger partial charge in [0.25, 0.3) is 5.91 Å². The van der Waals surface area contributed by atoms with E-state index in [1.165, 1.54) is 12.8 Å². The Labute approximate surface area is 110 Å². The van der Waals surface area contributed by atoms with Gasteiger partial charge in [-0.2, -0.15) is 0 Å². The molecule has 3 N–H and O–H groups in total. The Morgan fingerprint density at radius 3 is 2.42 bits per heavy atom. The number of benzene rings is 1. The standard InChI is InChI=1S/C13H17F2N3O/c14-10-7-9(8-11(15)12(10)16)13(19)17-3-6-18-4-1-2-5-18/h7-8H,1-6,16H2,(H,17,19). The Balaban J connectivity index is 1.88. The zero-order valence-electron chi connectivity index (χ0n) is 10.6. The third-order valence-electron chi connectivity index (χ3n) is 3.25. The van der Waals surface area contributed by atoms with Gasteiger partial charge in [0.2, 0.25) is 0 Å². The minimum Gasteiger partial charge on any atom is -0.394 e. The lowest BCUT2D eigenvalue weighted by molar-refractivity contribution is 0.0949. The van der Waals surface area contributed by atoms with Crippen molar-refractivity contribution < 1.29 is 13.6 Å². The van der Waals surface area contributed by atoms with E-state index >= 15 is 0 Å². The molecule has 1 aromatic carbocycles. The lowest BCUT2D eigenvalue weighted by Gasteiger charge is -2.14. The fraction of sp³-hybridized carbons (Fsp3) is 0.462. The number of carbonyl (C=O) groups excluding carboxylic acids is 1. The van der Waals surface area contributed by atoms with Crippen molar-refractivity contribution in [1.29, 1.82) is 0 Å². The second-order valence-electron chi connectivity index (χ2n) is 4.66. The normalized spacial score (nSPS) is 15.7. The number of hydrogen-bond donors (Lipinski definition) is 2. The van der Waals surface area contributed by atoms with Gasteiger partial charge in [0, 0.05) is 18.7 Å². The van der Waals surface area contributed by atoms with Crippen LogP contribution in [-0.2, 0) is 0 Å². The van der Waals surface area contributed by atoms with Gasteiger partial charge in [-0.25, -0.2) is 8.78 Å². The molecule has 0 aliphatic carbocycles. The van der Waals surface area contributed by atoms with E-state index in [-0.39, 0.29) is 5.56 Å². The van der Waals surface area contributed by atoms with Gasteiger partial charge in [-0.1, -0.05) is 0 Å². The van der Waals surface area contributed by atoms with E-state index in [1.54, 1.807) is 0 Å². The van der Waals surface area contributed by atoms with Crippen LogP contribution in [0.2, 0.25) is 0 Å². The molecule has 19 heavy (non-hydrogen) atoms. The minimum absolute atomic E-state index is 0.0504. The van der Waals surface area contributed by atoms with Crippen molar-refractivity contribution >= 4 is 11.6 Å². The molecular weight excluding hydrogens is 252 g/mol. The summed E-state index contributed by atoms with van der Waals surface area (Å²) in [6, 6.07) is 1.90. The summed E-state index contributed by atoms with van der Waals surface area (Å²) in [6.45, 7) is 3.31. The number of hydrogen-bond acceptors (Lipinski definition) is 3.